The molecule has 0 aromatic rings. The summed E-state index contributed by atoms with van der Waals surface area (Å²) >= 11 is 0. The quantitative estimate of drug-likeness (QED) is 0.0199. The second-order valence-corrected chi connectivity index (χ2v) is 19.9. The Hall–Kier alpha value is -1.78. The van der Waals surface area contributed by atoms with Crippen LogP contribution in [0.15, 0.2) is 12.2 Å². The van der Waals surface area contributed by atoms with Gasteiger partial charge < -0.3 is 25.2 Å². The van der Waals surface area contributed by atoms with Crippen LogP contribution in [0.1, 0.15) is 271 Å². The van der Waals surface area contributed by atoms with Gasteiger partial charge in [0.2, 0.25) is 5.91 Å². The van der Waals surface area contributed by atoms with Crippen LogP contribution in [0.4, 0.5) is 0 Å². The first kappa shape index (κ1) is 62.2. The number of unbranched alkanes of at least 4 members (excludes halogenated alkanes) is 35. The van der Waals surface area contributed by atoms with Gasteiger partial charge in [0.1, 0.15) is 12.7 Å². The first-order valence-corrected chi connectivity index (χ1v) is 28.2. The molecule has 0 saturated carbocycles. The molecule has 64 heavy (non-hydrogen) atoms. The van der Waals surface area contributed by atoms with Gasteiger partial charge in [-0.2, -0.15) is 0 Å². The molecule has 11 nitrogen and oxygen atoms in total. The van der Waals surface area contributed by atoms with E-state index < -0.39 is 57.6 Å². The van der Waals surface area contributed by atoms with Gasteiger partial charge in [-0.05, 0) is 38.5 Å². The van der Waals surface area contributed by atoms with E-state index in [9.17, 15) is 34.1 Å². The Kier molecular flexibility index (Phi) is 46.4. The second kappa shape index (κ2) is 47.7. The van der Waals surface area contributed by atoms with Gasteiger partial charge >= 0.3 is 19.8 Å². The smallest absolute Gasteiger partial charge is 0.472 e. The van der Waals surface area contributed by atoms with Gasteiger partial charge in [-0.1, -0.05) is 231 Å². The SMILES string of the molecule is CCCCCCCC/C=C/CCCCCCCCCCCCCCCC(=O)NC(COP(=O)(O)OCC(O)COC(=O)CCCCCCCCCCCCCCCCCCC)C(=O)O. The van der Waals surface area contributed by atoms with E-state index in [0.29, 0.717) is 12.8 Å². The summed E-state index contributed by atoms with van der Waals surface area (Å²) in [4.78, 5) is 46.2. The van der Waals surface area contributed by atoms with Gasteiger partial charge in [0, 0.05) is 12.8 Å². The van der Waals surface area contributed by atoms with Gasteiger partial charge in [0.25, 0.3) is 0 Å². The van der Waals surface area contributed by atoms with Crippen molar-refractivity contribution in [2.75, 3.05) is 19.8 Å². The van der Waals surface area contributed by atoms with E-state index in [-0.39, 0.29) is 12.8 Å². The number of allylic oxidation sites excluding steroid dienone is 2. The van der Waals surface area contributed by atoms with E-state index in [1.807, 2.05) is 0 Å². The molecule has 4 N–H and O–H groups in total. The zero-order valence-electron chi connectivity index (χ0n) is 41.4. The second-order valence-electron chi connectivity index (χ2n) is 18.4. The first-order valence-electron chi connectivity index (χ1n) is 26.7. The summed E-state index contributed by atoms with van der Waals surface area (Å²) in [7, 11) is -4.76. The summed E-state index contributed by atoms with van der Waals surface area (Å²) in [5.74, 6) is -2.35. The van der Waals surface area contributed by atoms with Crippen molar-refractivity contribution in [1.82, 2.24) is 5.32 Å². The largest absolute Gasteiger partial charge is 0.480 e. The topological polar surface area (TPSA) is 169 Å². The van der Waals surface area contributed by atoms with Gasteiger partial charge in [-0.15, -0.1) is 0 Å². The van der Waals surface area contributed by atoms with Crippen LogP contribution in [0.5, 0.6) is 0 Å². The summed E-state index contributed by atoms with van der Waals surface area (Å²) in [6.07, 6.45) is 50.9. The van der Waals surface area contributed by atoms with Crippen molar-refractivity contribution in [2.45, 2.75) is 283 Å². The highest BCUT2D eigenvalue weighted by atomic mass is 31.2. The van der Waals surface area contributed by atoms with E-state index in [1.54, 1.807) is 0 Å². The number of aliphatic hydroxyl groups is 1. The minimum absolute atomic E-state index is 0.150. The number of hydrogen-bond acceptors (Lipinski definition) is 8. The standard InChI is InChI=1S/C52H100NO10P/c1-3-5-7-9-11-13-15-17-19-21-22-23-24-25-26-28-29-31-33-35-37-39-41-43-50(55)53-49(52(57)58)47-63-64(59,60)62-46-48(54)45-61-51(56)44-42-40-38-36-34-32-30-27-20-18-16-14-12-10-8-6-4-2/h17,19,48-49,54H,3-16,18,20-47H2,1-2H3,(H,53,55)(H,57,58)(H,59,60)/b19-17+. The number of aliphatic carboxylic acids is 1. The van der Waals surface area contributed by atoms with Crippen LogP contribution in [0, 0.1) is 0 Å². The van der Waals surface area contributed by atoms with Crippen LogP contribution in [-0.2, 0) is 32.7 Å². The number of carbonyl (C=O) groups excluding carboxylic acids is 2. The molecule has 0 heterocycles. The van der Waals surface area contributed by atoms with Crippen LogP contribution >= 0.6 is 7.82 Å². The van der Waals surface area contributed by atoms with Gasteiger partial charge in [0.15, 0.2) is 6.04 Å². The lowest BCUT2D eigenvalue weighted by molar-refractivity contribution is -0.147. The molecule has 3 atom stereocenters. The highest BCUT2D eigenvalue weighted by Gasteiger charge is 2.28. The molecule has 0 aromatic carbocycles. The number of rotatable bonds is 51. The highest BCUT2D eigenvalue weighted by molar-refractivity contribution is 7.47. The van der Waals surface area contributed by atoms with Gasteiger partial charge in [0.05, 0.1) is 13.2 Å². The van der Waals surface area contributed by atoms with E-state index in [2.05, 4.69) is 31.3 Å². The molecule has 0 aromatic heterocycles. The Balaban J connectivity index is 3.77. The molecular weight excluding hydrogens is 830 g/mol. The van der Waals surface area contributed by atoms with Crippen LogP contribution < -0.4 is 5.32 Å². The number of phosphoric ester groups is 1. The molecule has 0 rings (SSSR count). The number of aliphatic hydroxyl groups excluding tert-OH is 1. The Morgan fingerprint density at radius 1 is 0.484 bits per heavy atom. The molecule has 378 valence electrons. The van der Waals surface area contributed by atoms with E-state index in [0.717, 1.165) is 38.5 Å². The third-order valence-electron chi connectivity index (χ3n) is 12.1. The van der Waals surface area contributed by atoms with Crippen molar-refractivity contribution in [1.29, 1.82) is 0 Å². The Labute approximate surface area is 392 Å². The predicted octanol–water partition coefficient (Wildman–Crippen LogP) is 14.8. The number of carboxylic acid groups (broad SMARTS) is 1. The minimum Gasteiger partial charge on any atom is -0.480 e. The fraction of sp³-hybridized carbons (Fsp3) is 0.904. The molecular formula is C52H100NO10P. The van der Waals surface area contributed by atoms with Crippen molar-refractivity contribution < 1.29 is 47.8 Å². The molecule has 0 spiro atoms. The van der Waals surface area contributed by atoms with Crippen LogP contribution in [0.25, 0.3) is 0 Å². The minimum atomic E-state index is -4.76. The number of carbonyl (C=O) groups is 3. The van der Waals surface area contributed by atoms with Crippen LogP contribution in [-0.4, -0.2) is 64.9 Å². The summed E-state index contributed by atoms with van der Waals surface area (Å²) < 4.78 is 27.0. The molecule has 0 bridgehead atoms. The maximum Gasteiger partial charge on any atom is 0.472 e. The average molecular weight is 930 g/mol. The summed E-state index contributed by atoms with van der Waals surface area (Å²) in [5.41, 5.74) is 0. The molecule has 0 aliphatic heterocycles. The fourth-order valence-electron chi connectivity index (χ4n) is 7.90. The average Bonchev–Trinajstić information content (AvgIpc) is 3.27. The number of esters is 1. The number of nitrogens with one attached hydrogen (secondary N) is 1. The molecule has 0 aliphatic rings. The predicted molar refractivity (Wildman–Crippen MR) is 263 cm³/mol. The number of hydrogen-bond donors (Lipinski definition) is 4. The zero-order chi connectivity index (χ0) is 47.0. The van der Waals surface area contributed by atoms with Crippen molar-refractivity contribution in [3.63, 3.8) is 0 Å². The number of ether oxygens (including phenoxy) is 1. The van der Waals surface area contributed by atoms with Crippen molar-refractivity contribution in [2.24, 2.45) is 0 Å². The molecule has 3 unspecified atom stereocenters. The van der Waals surface area contributed by atoms with E-state index in [1.165, 1.54) is 193 Å². The van der Waals surface area contributed by atoms with Gasteiger partial charge in [-0.25, -0.2) is 9.36 Å². The molecule has 0 saturated heterocycles. The normalized spacial score (nSPS) is 13.6. The Morgan fingerprint density at radius 2 is 0.812 bits per heavy atom. The molecule has 12 heteroatoms. The maximum absolute atomic E-state index is 12.4. The summed E-state index contributed by atoms with van der Waals surface area (Å²) in [6.45, 7) is 2.65. The number of phosphoric acid groups is 1. The number of amides is 1. The van der Waals surface area contributed by atoms with Crippen molar-refractivity contribution in [3.05, 3.63) is 12.2 Å². The molecule has 0 radical (unpaired) electrons. The van der Waals surface area contributed by atoms with E-state index in [4.69, 9.17) is 13.8 Å². The van der Waals surface area contributed by atoms with E-state index >= 15 is 0 Å². The van der Waals surface area contributed by atoms with Crippen LogP contribution in [0.3, 0.4) is 0 Å². The summed E-state index contributed by atoms with van der Waals surface area (Å²) in [6, 6.07) is -1.54. The molecule has 0 aliphatic carbocycles. The molecule has 0 fully saturated rings. The van der Waals surface area contributed by atoms with Crippen LogP contribution in [0.2, 0.25) is 0 Å². The fourth-order valence-corrected chi connectivity index (χ4v) is 8.67. The summed E-state index contributed by atoms with van der Waals surface area (Å²) in [5, 5.41) is 21.9. The lowest BCUT2D eigenvalue weighted by atomic mass is 10.0. The number of carboxylic acids is 1. The van der Waals surface area contributed by atoms with Gasteiger partial charge in [-0.3, -0.25) is 18.6 Å². The third kappa shape index (κ3) is 46.7. The third-order valence-corrected chi connectivity index (χ3v) is 13.0. The molecule has 1 amide bonds. The van der Waals surface area contributed by atoms with Crippen molar-refractivity contribution in [3.8, 4) is 0 Å². The van der Waals surface area contributed by atoms with Crippen molar-refractivity contribution >= 4 is 25.7 Å². The highest BCUT2D eigenvalue weighted by Crippen LogP contribution is 2.43. The lowest BCUT2D eigenvalue weighted by Crippen LogP contribution is -2.43. The zero-order valence-corrected chi connectivity index (χ0v) is 42.3. The maximum atomic E-state index is 12.4. The first-order chi connectivity index (χ1) is 31.1. The Morgan fingerprint density at radius 3 is 1.19 bits per heavy atom. The Bertz CT molecular complexity index is 1140. The monoisotopic (exact) mass is 930 g/mol. The lowest BCUT2D eigenvalue weighted by Gasteiger charge is -2.18.